The summed E-state index contributed by atoms with van der Waals surface area (Å²) < 4.78 is 1.08. The third kappa shape index (κ3) is 3.28. The largest absolute Gasteiger partial charge is 0.392 e. The van der Waals surface area contributed by atoms with Gasteiger partial charge in [0.15, 0.2) is 5.15 Å². The van der Waals surface area contributed by atoms with Crippen molar-refractivity contribution in [3.63, 3.8) is 0 Å². The van der Waals surface area contributed by atoms with Gasteiger partial charge in [-0.2, -0.15) is 0 Å². The Morgan fingerprint density at radius 2 is 1.95 bits per heavy atom. The van der Waals surface area contributed by atoms with Gasteiger partial charge in [0.2, 0.25) is 5.91 Å². The van der Waals surface area contributed by atoms with Crippen LogP contribution in [-0.4, -0.2) is 15.5 Å². The lowest BCUT2D eigenvalue weighted by Gasteiger charge is -2.08. The molecule has 0 aliphatic rings. The van der Waals surface area contributed by atoms with Gasteiger partial charge in [0.25, 0.3) is 5.56 Å². The quantitative estimate of drug-likeness (QED) is 0.845. The van der Waals surface area contributed by atoms with Crippen LogP contribution < -0.4 is 16.6 Å². The molecule has 0 saturated carbocycles. The molecule has 8 heteroatoms. The number of nitrogens with two attached hydrogens (primary N) is 1. The minimum Gasteiger partial charge on any atom is -0.392 e. The van der Waals surface area contributed by atoms with Crippen molar-refractivity contribution in [2.24, 2.45) is 0 Å². The molecule has 0 saturated heterocycles. The monoisotopic (exact) mass is 312 g/mol. The fraction of sp³-hybridized carbons (Fsp3) is 0.0833. The number of carbonyl (C=O) groups excluding carboxylic acids is 1. The molecule has 1 aromatic carbocycles. The van der Waals surface area contributed by atoms with Gasteiger partial charge in [-0.3, -0.25) is 14.2 Å². The average Bonchev–Trinajstić information content (AvgIpc) is 2.42. The van der Waals surface area contributed by atoms with Crippen molar-refractivity contribution in [2.75, 3.05) is 11.1 Å². The number of halogens is 2. The maximum Gasteiger partial charge on any atom is 0.278 e. The normalized spacial score (nSPS) is 10.3. The lowest BCUT2D eigenvalue weighted by Crippen LogP contribution is -2.29. The first-order valence-electron chi connectivity index (χ1n) is 5.53. The van der Waals surface area contributed by atoms with Gasteiger partial charge >= 0.3 is 0 Å². The molecule has 0 aliphatic heterocycles. The molecular weight excluding hydrogens is 303 g/mol. The van der Waals surface area contributed by atoms with Crippen molar-refractivity contribution < 1.29 is 4.79 Å². The molecule has 104 valence electrons. The van der Waals surface area contributed by atoms with Crippen LogP contribution in [0.1, 0.15) is 0 Å². The molecule has 0 atom stereocenters. The summed E-state index contributed by atoms with van der Waals surface area (Å²) in [5.74, 6) is -0.391. The molecule has 1 amide bonds. The van der Waals surface area contributed by atoms with E-state index in [0.29, 0.717) is 10.7 Å². The number of carbonyl (C=O) groups is 1. The third-order valence-corrected chi connectivity index (χ3v) is 3.02. The molecule has 3 N–H and O–H groups in total. The number of nitrogens with zero attached hydrogens (tertiary/aromatic N) is 2. The summed E-state index contributed by atoms with van der Waals surface area (Å²) in [6.07, 6.45) is 1.17. The Bertz CT molecular complexity index is 698. The molecule has 2 rings (SSSR count). The highest BCUT2D eigenvalue weighted by Gasteiger charge is 2.09. The van der Waals surface area contributed by atoms with Gasteiger partial charge in [-0.05, 0) is 24.3 Å². The summed E-state index contributed by atoms with van der Waals surface area (Å²) in [6.45, 7) is -0.212. The van der Waals surface area contributed by atoms with Crippen LogP contribution in [0.5, 0.6) is 0 Å². The van der Waals surface area contributed by atoms with Crippen LogP contribution in [0.4, 0.5) is 11.4 Å². The number of nitrogens with one attached hydrogen (secondary N) is 1. The fourth-order valence-electron chi connectivity index (χ4n) is 1.49. The van der Waals surface area contributed by atoms with E-state index in [4.69, 9.17) is 28.9 Å². The van der Waals surface area contributed by atoms with E-state index in [9.17, 15) is 9.59 Å². The van der Waals surface area contributed by atoms with E-state index in [1.807, 2.05) is 0 Å². The van der Waals surface area contributed by atoms with Crippen LogP contribution in [0.3, 0.4) is 0 Å². The number of amides is 1. The summed E-state index contributed by atoms with van der Waals surface area (Å²) in [5.41, 5.74) is 5.28. The predicted octanol–water partition coefficient (Wildman–Crippen LogP) is 1.77. The molecule has 1 aromatic heterocycles. The van der Waals surface area contributed by atoms with Gasteiger partial charge in [-0.25, -0.2) is 4.98 Å². The zero-order chi connectivity index (χ0) is 14.7. The zero-order valence-electron chi connectivity index (χ0n) is 10.1. The molecule has 0 spiro atoms. The average molecular weight is 313 g/mol. The topological polar surface area (TPSA) is 90.0 Å². The molecule has 0 bridgehead atoms. The number of hydrogen-bond donors (Lipinski definition) is 2. The maximum absolute atomic E-state index is 11.8. The second-order valence-corrected chi connectivity index (χ2v) is 4.73. The zero-order valence-corrected chi connectivity index (χ0v) is 11.6. The second-order valence-electron chi connectivity index (χ2n) is 3.94. The number of benzene rings is 1. The van der Waals surface area contributed by atoms with Crippen LogP contribution in [0.25, 0.3) is 0 Å². The molecule has 1 heterocycles. The summed E-state index contributed by atoms with van der Waals surface area (Å²) in [6, 6.07) is 6.59. The van der Waals surface area contributed by atoms with Crippen LogP contribution >= 0.6 is 23.2 Å². The number of aromatic nitrogens is 2. The van der Waals surface area contributed by atoms with E-state index in [1.165, 1.54) is 6.33 Å². The Balaban J connectivity index is 2.11. The summed E-state index contributed by atoms with van der Waals surface area (Å²) in [7, 11) is 0. The standard InChI is InChI=1S/C12H10Cl2N4O2/c13-7-1-3-8(4-2-7)17-9(19)5-18-6-16-11(14)10(15)12(18)20/h1-4,6H,5,15H2,(H,17,19). The van der Waals surface area contributed by atoms with Crippen molar-refractivity contribution in [3.05, 3.63) is 51.1 Å². The highest BCUT2D eigenvalue weighted by atomic mass is 35.5. The first kappa shape index (κ1) is 14.4. The molecular formula is C12H10Cl2N4O2. The number of rotatable bonds is 3. The van der Waals surface area contributed by atoms with E-state index in [-0.39, 0.29) is 17.4 Å². The SMILES string of the molecule is Nc1c(Cl)ncn(CC(=O)Nc2ccc(Cl)cc2)c1=O. The van der Waals surface area contributed by atoms with Crippen molar-refractivity contribution in [2.45, 2.75) is 6.54 Å². The van der Waals surface area contributed by atoms with Crippen molar-refractivity contribution >= 4 is 40.5 Å². The maximum atomic E-state index is 11.8. The van der Waals surface area contributed by atoms with Crippen LogP contribution in [0.2, 0.25) is 10.2 Å². The highest BCUT2D eigenvalue weighted by Crippen LogP contribution is 2.13. The molecule has 0 unspecified atom stereocenters. The fourth-order valence-corrected chi connectivity index (χ4v) is 1.74. The number of anilines is 2. The minimum absolute atomic E-state index is 0.0793. The van der Waals surface area contributed by atoms with Gasteiger partial charge in [0, 0.05) is 10.7 Å². The molecule has 0 fully saturated rings. The summed E-state index contributed by atoms with van der Waals surface area (Å²) >= 11 is 11.3. The minimum atomic E-state index is -0.559. The third-order valence-electron chi connectivity index (χ3n) is 2.47. The van der Waals surface area contributed by atoms with E-state index < -0.39 is 11.5 Å². The molecule has 0 aliphatic carbocycles. The molecule has 2 aromatic rings. The van der Waals surface area contributed by atoms with Gasteiger partial charge in [0.05, 0.1) is 6.33 Å². The summed E-state index contributed by atoms with van der Waals surface area (Å²) in [5, 5.41) is 3.10. The highest BCUT2D eigenvalue weighted by molar-refractivity contribution is 6.31. The lowest BCUT2D eigenvalue weighted by atomic mass is 10.3. The first-order valence-corrected chi connectivity index (χ1v) is 6.29. The van der Waals surface area contributed by atoms with Crippen molar-refractivity contribution in [1.82, 2.24) is 9.55 Å². The summed E-state index contributed by atoms with van der Waals surface area (Å²) in [4.78, 5) is 27.3. The van der Waals surface area contributed by atoms with E-state index in [0.717, 1.165) is 4.57 Å². The van der Waals surface area contributed by atoms with E-state index >= 15 is 0 Å². The lowest BCUT2D eigenvalue weighted by molar-refractivity contribution is -0.116. The van der Waals surface area contributed by atoms with Crippen LogP contribution in [-0.2, 0) is 11.3 Å². The van der Waals surface area contributed by atoms with Crippen molar-refractivity contribution in [3.8, 4) is 0 Å². The Labute approximate surface area is 124 Å². The van der Waals surface area contributed by atoms with Gasteiger partial charge < -0.3 is 11.1 Å². The number of hydrogen-bond acceptors (Lipinski definition) is 4. The van der Waals surface area contributed by atoms with E-state index in [1.54, 1.807) is 24.3 Å². The van der Waals surface area contributed by atoms with Gasteiger partial charge in [-0.1, -0.05) is 23.2 Å². The van der Waals surface area contributed by atoms with E-state index in [2.05, 4.69) is 10.3 Å². The first-order chi connectivity index (χ1) is 9.47. The molecule has 20 heavy (non-hydrogen) atoms. The Kier molecular flexibility index (Phi) is 4.26. The van der Waals surface area contributed by atoms with Crippen LogP contribution in [0, 0.1) is 0 Å². The number of nitrogen functional groups attached to an aromatic ring is 1. The second kappa shape index (κ2) is 5.94. The Morgan fingerprint density at radius 3 is 2.60 bits per heavy atom. The van der Waals surface area contributed by atoms with Crippen LogP contribution in [0.15, 0.2) is 35.4 Å². The molecule has 0 radical (unpaired) electrons. The smallest absolute Gasteiger partial charge is 0.278 e. The predicted molar refractivity (Wildman–Crippen MR) is 78.0 cm³/mol. The Morgan fingerprint density at radius 1 is 1.30 bits per heavy atom. The Hall–Kier alpha value is -2.05. The van der Waals surface area contributed by atoms with Gasteiger partial charge in [0.1, 0.15) is 12.2 Å². The molecule has 6 nitrogen and oxygen atoms in total. The van der Waals surface area contributed by atoms with Crippen molar-refractivity contribution in [1.29, 1.82) is 0 Å². The van der Waals surface area contributed by atoms with Gasteiger partial charge in [-0.15, -0.1) is 0 Å².